The van der Waals surface area contributed by atoms with Crippen LogP contribution in [0.5, 0.6) is 0 Å². The number of anilines is 1. The van der Waals surface area contributed by atoms with Crippen LogP contribution in [0.25, 0.3) is 0 Å². The highest BCUT2D eigenvalue weighted by Gasteiger charge is 2.27. The SMILES string of the molecule is CC(C)(C)OC(=O)N1CCC[C@@H](Nc2ncc(C#N)s2)C1. The summed E-state index contributed by atoms with van der Waals surface area (Å²) in [5.41, 5.74) is -0.478. The highest BCUT2D eigenvalue weighted by Crippen LogP contribution is 2.22. The fourth-order valence-electron chi connectivity index (χ4n) is 2.15. The molecular weight excluding hydrogens is 288 g/mol. The average Bonchev–Trinajstić information content (AvgIpc) is 2.85. The van der Waals surface area contributed by atoms with Gasteiger partial charge in [-0.1, -0.05) is 11.3 Å². The van der Waals surface area contributed by atoms with E-state index in [1.54, 1.807) is 11.1 Å². The zero-order valence-electron chi connectivity index (χ0n) is 12.5. The summed E-state index contributed by atoms with van der Waals surface area (Å²) in [4.78, 5) is 18.6. The molecule has 1 N–H and O–H groups in total. The number of thiazole rings is 1. The van der Waals surface area contributed by atoms with Gasteiger partial charge in [0.05, 0.1) is 6.20 Å². The number of ether oxygens (including phenoxy) is 1. The van der Waals surface area contributed by atoms with Crippen LogP contribution in [-0.2, 0) is 4.74 Å². The van der Waals surface area contributed by atoms with Crippen molar-refractivity contribution in [1.82, 2.24) is 9.88 Å². The lowest BCUT2D eigenvalue weighted by molar-refractivity contribution is 0.0206. The molecule has 2 rings (SSSR count). The Morgan fingerprint density at radius 3 is 3.00 bits per heavy atom. The fourth-order valence-corrected chi connectivity index (χ4v) is 2.84. The summed E-state index contributed by atoms with van der Waals surface area (Å²) < 4.78 is 5.40. The molecule has 0 aromatic carbocycles. The summed E-state index contributed by atoms with van der Waals surface area (Å²) in [5, 5.41) is 12.8. The van der Waals surface area contributed by atoms with Gasteiger partial charge in [0.15, 0.2) is 5.13 Å². The van der Waals surface area contributed by atoms with Crippen molar-refractivity contribution in [2.24, 2.45) is 0 Å². The minimum atomic E-state index is -0.478. The molecule has 0 radical (unpaired) electrons. The lowest BCUT2D eigenvalue weighted by atomic mass is 10.1. The zero-order valence-corrected chi connectivity index (χ0v) is 13.4. The molecule has 2 heterocycles. The molecule has 114 valence electrons. The van der Waals surface area contributed by atoms with E-state index in [1.807, 2.05) is 20.8 Å². The number of rotatable bonds is 2. The van der Waals surface area contributed by atoms with Gasteiger partial charge in [-0.15, -0.1) is 0 Å². The van der Waals surface area contributed by atoms with E-state index in [4.69, 9.17) is 10.00 Å². The number of likely N-dealkylation sites (tertiary alicyclic amines) is 1. The second kappa shape index (κ2) is 6.31. The largest absolute Gasteiger partial charge is 0.444 e. The van der Waals surface area contributed by atoms with E-state index in [2.05, 4.69) is 16.4 Å². The van der Waals surface area contributed by atoms with Crippen LogP contribution in [0, 0.1) is 11.3 Å². The summed E-state index contributed by atoms with van der Waals surface area (Å²) in [6.45, 7) is 6.90. The van der Waals surface area contributed by atoms with E-state index in [9.17, 15) is 4.79 Å². The predicted octanol–water partition coefficient (Wildman–Crippen LogP) is 2.83. The highest BCUT2D eigenvalue weighted by atomic mass is 32.1. The predicted molar refractivity (Wildman–Crippen MR) is 81.3 cm³/mol. The molecular formula is C14H20N4O2S. The van der Waals surface area contributed by atoms with Crippen molar-refractivity contribution >= 4 is 22.6 Å². The number of nitrogens with one attached hydrogen (secondary N) is 1. The van der Waals surface area contributed by atoms with Gasteiger partial charge in [-0.2, -0.15) is 5.26 Å². The van der Waals surface area contributed by atoms with Crippen molar-refractivity contribution in [3.63, 3.8) is 0 Å². The highest BCUT2D eigenvalue weighted by molar-refractivity contribution is 7.16. The molecule has 1 fully saturated rings. The zero-order chi connectivity index (χ0) is 15.5. The maximum atomic E-state index is 12.1. The average molecular weight is 308 g/mol. The number of piperidine rings is 1. The van der Waals surface area contributed by atoms with Gasteiger partial charge in [-0.25, -0.2) is 9.78 Å². The first kappa shape index (κ1) is 15.6. The quantitative estimate of drug-likeness (QED) is 0.909. The molecule has 0 saturated carbocycles. The Kier molecular flexibility index (Phi) is 4.68. The molecule has 0 bridgehead atoms. The Morgan fingerprint density at radius 2 is 2.38 bits per heavy atom. The van der Waals surface area contributed by atoms with Gasteiger partial charge in [0.1, 0.15) is 16.5 Å². The number of amides is 1. The molecule has 1 atom stereocenters. The van der Waals surface area contributed by atoms with Gasteiger partial charge in [0.2, 0.25) is 0 Å². The van der Waals surface area contributed by atoms with E-state index >= 15 is 0 Å². The van der Waals surface area contributed by atoms with E-state index in [-0.39, 0.29) is 12.1 Å². The van der Waals surface area contributed by atoms with Gasteiger partial charge < -0.3 is 15.0 Å². The molecule has 0 aliphatic carbocycles. The molecule has 1 saturated heterocycles. The smallest absolute Gasteiger partial charge is 0.410 e. The summed E-state index contributed by atoms with van der Waals surface area (Å²) in [5.74, 6) is 0. The Balaban J connectivity index is 1.91. The molecule has 1 amide bonds. The first-order chi connectivity index (χ1) is 9.87. The Bertz CT molecular complexity index is 544. The van der Waals surface area contributed by atoms with Crippen molar-refractivity contribution in [3.8, 4) is 6.07 Å². The molecule has 7 heteroatoms. The summed E-state index contributed by atoms with van der Waals surface area (Å²) in [6, 6.07) is 2.21. The van der Waals surface area contributed by atoms with Crippen molar-refractivity contribution in [1.29, 1.82) is 5.26 Å². The number of hydrogen-bond donors (Lipinski definition) is 1. The lowest BCUT2D eigenvalue weighted by Crippen LogP contribution is -2.46. The van der Waals surface area contributed by atoms with Crippen molar-refractivity contribution in [2.45, 2.75) is 45.3 Å². The van der Waals surface area contributed by atoms with Gasteiger partial charge in [-0.05, 0) is 33.6 Å². The fraction of sp³-hybridized carbons (Fsp3) is 0.643. The first-order valence-electron chi connectivity index (χ1n) is 6.98. The number of carbonyl (C=O) groups excluding carboxylic acids is 1. The number of aromatic nitrogens is 1. The summed E-state index contributed by atoms with van der Waals surface area (Å²) in [7, 11) is 0. The van der Waals surface area contributed by atoms with Crippen molar-refractivity contribution in [3.05, 3.63) is 11.1 Å². The van der Waals surface area contributed by atoms with E-state index in [0.29, 0.717) is 18.0 Å². The molecule has 1 aliphatic heterocycles. The summed E-state index contributed by atoms with van der Waals surface area (Å²) in [6.07, 6.45) is 3.18. The van der Waals surface area contributed by atoms with Crippen LogP contribution in [0.1, 0.15) is 38.5 Å². The third-order valence-electron chi connectivity index (χ3n) is 3.02. The normalized spacial score (nSPS) is 19.0. The van der Waals surface area contributed by atoms with Crippen LogP contribution in [-0.4, -0.2) is 40.7 Å². The number of carbonyl (C=O) groups is 1. The third-order valence-corrected chi connectivity index (χ3v) is 3.85. The number of nitriles is 1. The van der Waals surface area contributed by atoms with Crippen LogP contribution in [0.15, 0.2) is 6.20 Å². The van der Waals surface area contributed by atoms with Crippen LogP contribution in [0.3, 0.4) is 0 Å². The van der Waals surface area contributed by atoms with Crippen LogP contribution in [0.4, 0.5) is 9.93 Å². The maximum absolute atomic E-state index is 12.1. The maximum Gasteiger partial charge on any atom is 0.410 e. The van der Waals surface area contributed by atoms with Crippen LogP contribution >= 0.6 is 11.3 Å². The van der Waals surface area contributed by atoms with Gasteiger partial charge in [-0.3, -0.25) is 0 Å². The van der Waals surface area contributed by atoms with Crippen molar-refractivity contribution < 1.29 is 9.53 Å². The molecule has 1 aromatic rings. The van der Waals surface area contributed by atoms with Crippen LogP contribution < -0.4 is 5.32 Å². The second-order valence-corrected chi connectivity index (χ2v) is 7.08. The third kappa shape index (κ3) is 4.60. The van der Waals surface area contributed by atoms with Crippen LogP contribution in [0.2, 0.25) is 0 Å². The van der Waals surface area contributed by atoms with Gasteiger partial charge >= 0.3 is 6.09 Å². The topological polar surface area (TPSA) is 78.2 Å². The number of hydrogen-bond acceptors (Lipinski definition) is 6. The minimum Gasteiger partial charge on any atom is -0.444 e. The van der Waals surface area contributed by atoms with E-state index in [0.717, 1.165) is 18.0 Å². The van der Waals surface area contributed by atoms with E-state index < -0.39 is 5.60 Å². The minimum absolute atomic E-state index is 0.143. The first-order valence-corrected chi connectivity index (χ1v) is 7.79. The van der Waals surface area contributed by atoms with Gasteiger partial charge in [0, 0.05) is 19.1 Å². The summed E-state index contributed by atoms with van der Waals surface area (Å²) >= 11 is 1.33. The molecule has 6 nitrogen and oxygen atoms in total. The molecule has 1 aliphatic rings. The molecule has 0 unspecified atom stereocenters. The van der Waals surface area contributed by atoms with Crippen molar-refractivity contribution in [2.75, 3.05) is 18.4 Å². The van der Waals surface area contributed by atoms with E-state index in [1.165, 1.54) is 11.3 Å². The molecule has 0 spiro atoms. The molecule has 1 aromatic heterocycles. The second-order valence-electron chi connectivity index (χ2n) is 6.05. The Morgan fingerprint density at radius 1 is 1.62 bits per heavy atom. The standard InChI is InChI=1S/C14H20N4O2S/c1-14(2,3)20-13(19)18-6-4-5-10(9-18)17-12-16-8-11(7-15)21-12/h8,10H,4-6,9H2,1-3H3,(H,16,17)/t10-/m1/s1. The molecule has 21 heavy (non-hydrogen) atoms. The van der Waals surface area contributed by atoms with Gasteiger partial charge in [0.25, 0.3) is 0 Å². The Labute approximate surface area is 128 Å². The monoisotopic (exact) mass is 308 g/mol. The Hall–Kier alpha value is -1.81. The number of nitrogens with zero attached hydrogens (tertiary/aromatic N) is 3. The lowest BCUT2D eigenvalue weighted by Gasteiger charge is -2.34.